The average molecular weight is 871 g/mol. The van der Waals surface area contributed by atoms with Crippen molar-refractivity contribution in [3.63, 3.8) is 0 Å². The van der Waals surface area contributed by atoms with Crippen molar-refractivity contribution >= 4 is 29.1 Å². The van der Waals surface area contributed by atoms with Gasteiger partial charge in [0.05, 0.1) is 41.1 Å². The Kier molecular flexibility index (Phi) is 30.3. The van der Waals surface area contributed by atoms with Crippen LogP contribution >= 0.6 is 0 Å². The Bertz CT molecular complexity index is 1510. The average Bonchev–Trinajstić information content (AvgIpc) is 3.29. The zero-order valence-corrected chi connectivity index (χ0v) is 41.8. The lowest BCUT2D eigenvalue weighted by atomic mass is 9.84. The second kappa shape index (κ2) is 35.2. The van der Waals surface area contributed by atoms with Gasteiger partial charge in [0.1, 0.15) is 24.7 Å². The molecule has 0 fully saturated rings. The van der Waals surface area contributed by atoms with Crippen LogP contribution in [0, 0.1) is 0 Å². The number of rotatable bonds is 40. The summed E-state index contributed by atoms with van der Waals surface area (Å²) in [7, 11) is 0. The number of Topliss-reactive ketones (excluding diaryl/α,β-unsaturated/α-hetero) is 1. The number of carbonyl (C=O) groups excluding carboxylic acids is 1. The predicted molar refractivity (Wildman–Crippen MR) is 273 cm³/mol. The number of carbonyl (C=O) groups is 1. The first kappa shape index (κ1) is 54.2. The molecule has 2 aliphatic rings. The molecule has 0 radical (unpaired) electrons. The molecule has 0 spiro atoms. The third kappa shape index (κ3) is 21.6. The van der Waals surface area contributed by atoms with Crippen LogP contribution in [-0.2, 0) is 4.79 Å². The van der Waals surface area contributed by atoms with Crippen molar-refractivity contribution in [3.8, 4) is 0 Å². The van der Waals surface area contributed by atoms with Gasteiger partial charge in [0.15, 0.2) is 0 Å². The van der Waals surface area contributed by atoms with Gasteiger partial charge in [0.2, 0.25) is 11.5 Å². The van der Waals surface area contributed by atoms with Crippen LogP contribution in [0.25, 0.3) is 5.57 Å². The fraction of sp³-hybridized carbons (Fsp3) is 0.768. The first-order valence-corrected chi connectivity index (χ1v) is 27.1. The van der Waals surface area contributed by atoms with E-state index in [4.69, 9.17) is 9.98 Å². The number of allylic oxidation sites excluding steroid dienone is 4. The van der Waals surface area contributed by atoms with Gasteiger partial charge in [0, 0.05) is 31.5 Å². The van der Waals surface area contributed by atoms with E-state index in [2.05, 4.69) is 49.1 Å². The summed E-state index contributed by atoms with van der Waals surface area (Å²) in [6.45, 7) is 15.0. The second-order valence-corrected chi connectivity index (χ2v) is 19.1. The molecule has 2 heterocycles. The maximum absolute atomic E-state index is 13.6. The summed E-state index contributed by atoms with van der Waals surface area (Å²) in [6, 6.07) is 0. The lowest BCUT2D eigenvalue weighted by Crippen LogP contribution is -2.29. The van der Waals surface area contributed by atoms with Crippen LogP contribution in [0.2, 0.25) is 0 Å². The van der Waals surface area contributed by atoms with Gasteiger partial charge >= 0.3 is 0 Å². The van der Waals surface area contributed by atoms with Gasteiger partial charge < -0.3 is 10.0 Å². The number of hydrogen-bond acceptors (Lipinski definition) is 6. The summed E-state index contributed by atoms with van der Waals surface area (Å²) in [4.78, 5) is 30.0. The molecule has 1 aliphatic heterocycles. The van der Waals surface area contributed by atoms with Gasteiger partial charge in [-0.15, -0.1) is 0 Å². The SMILES string of the molecule is CCCCCCCCCCCCCCCCN(CC)c1cnc(C2=C(O)/C(=C3\C=C(C)C(=[N+](CCCCCCCCCCCC)CCCCCCCCCCCC)C=N3)C2=O)cn1. The number of aromatic nitrogens is 2. The molecule has 0 saturated carbocycles. The first-order valence-electron chi connectivity index (χ1n) is 27.1. The molecule has 7 heteroatoms. The van der Waals surface area contributed by atoms with Crippen LogP contribution in [0.1, 0.15) is 259 Å². The summed E-state index contributed by atoms with van der Waals surface area (Å²) < 4.78 is 2.53. The normalized spacial score (nSPS) is 15.1. The van der Waals surface area contributed by atoms with E-state index >= 15 is 0 Å². The van der Waals surface area contributed by atoms with Gasteiger partial charge in [-0.3, -0.25) is 9.78 Å². The van der Waals surface area contributed by atoms with E-state index in [0.717, 1.165) is 49.7 Å². The van der Waals surface area contributed by atoms with E-state index in [1.54, 1.807) is 12.4 Å². The van der Waals surface area contributed by atoms with Crippen molar-refractivity contribution in [3.05, 3.63) is 46.8 Å². The zero-order valence-electron chi connectivity index (χ0n) is 41.8. The van der Waals surface area contributed by atoms with Crippen molar-refractivity contribution in [2.45, 2.75) is 253 Å². The number of anilines is 1. The molecule has 356 valence electrons. The quantitative estimate of drug-likeness (QED) is 0.0404. The lowest BCUT2D eigenvalue weighted by Gasteiger charge is -2.24. The van der Waals surface area contributed by atoms with Crippen LogP contribution < -0.4 is 4.90 Å². The van der Waals surface area contributed by atoms with Crippen molar-refractivity contribution in [1.29, 1.82) is 0 Å². The Morgan fingerprint density at radius 2 is 0.937 bits per heavy atom. The van der Waals surface area contributed by atoms with Crippen LogP contribution in [-0.4, -0.2) is 63.5 Å². The topological polar surface area (TPSA) is 81.7 Å². The summed E-state index contributed by atoms with van der Waals surface area (Å²) in [5.41, 5.74) is 3.74. The molecular weight excluding hydrogens is 775 g/mol. The smallest absolute Gasteiger partial charge is 0.221 e. The molecule has 1 aromatic rings. The molecule has 0 saturated heterocycles. The highest BCUT2D eigenvalue weighted by atomic mass is 16.3. The van der Waals surface area contributed by atoms with E-state index in [1.165, 1.54) is 212 Å². The fourth-order valence-corrected chi connectivity index (χ4v) is 9.37. The highest BCUT2D eigenvalue weighted by molar-refractivity contribution is 6.40. The highest BCUT2D eigenvalue weighted by Gasteiger charge is 2.39. The van der Waals surface area contributed by atoms with E-state index in [0.29, 0.717) is 11.4 Å². The number of aliphatic imine (C=N–C) groups is 1. The summed E-state index contributed by atoms with van der Waals surface area (Å²) in [5.74, 6) is 0.584. The molecule has 0 amide bonds. The Morgan fingerprint density at radius 3 is 1.30 bits per heavy atom. The molecule has 1 aromatic heterocycles. The van der Waals surface area contributed by atoms with Crippen LogP contribution in [0.15, 0.2) is 46.1 Å². The van der Waals surface area contributed by atoms with Crippen molar-refractivity contribution in [2.75, 3.05) is 31.1 Å². The molecular formula is C56H96N5O2+. The third-order valence-electron chi connectivity index (χ3n) is 13.6. The Hall–Kier alpha value is -3.09. The summed E-state index contributed by atoms with van der Waals surface area (Å²) >= 11 is 0. The van der Waals surface area contributed by atoms with Crippen LogP contribution in [0.5, 0.6) is 0 Å². The molecule has 0 aromatic carbocycles. The number of hydrogen-bond donors (Lipinski definition) is 1. The Labute approximate surface area is 387 Å². The first-order chi connectivity index (χ1) is 31.0. The number of aliphatic hydroxyl groups is 1. The molecule has 63 heavy (non-hydrogen) atoms. The van der Waals surface area contributed by atoms with E-state index in [1.807, 2.05) is 12.3 Å². The Balaban J connectivity index is 1.51. The molecule has 0 atom stereocenters. The number of dihydropyridines is 1. The molecule has 1 aliphatic carbocycles. The highest BCUT2D eigenvalue weighted by Crippen LogP contribution is 2.38. The van der Waals surface area contributed by atoms with E-state index in [-0.39, 0.29) is 22.7 Å². The van der Waals surface area contributed by atoms with Gasteiger partial charge in [-0.25, -0.2) is 14.6 Å². The predicted octanol–water partition coefficient (Wildman–Crippen LogP) is 16.2. The number of ketones is 1. The minimum absolute atomic E-state index is 0.0240. The van der Waals surface area contributed by atoms with Crippen molar-refractivity contribution < 1.29 is 14.5 Å². The van der Waals surface area contributed by atoms with Gasteiger partial charge in [0.25, 0.3) is 0 Å². The van der Waals surface area contributed by atoms with Gasteiger partial charge in [-0.2, -0.15) is 0 Å². The largest absolute Gasteiger partial charge is 0.506 e. The standard InChI is InChI=1S/C56H95N5O2/c1-6-10-13-16-19-22-25-26-27-28-31-32-35-38-41-60(9-4)52-47-58-50(45-59-52)54-55(62)53(56(54)63)49-44-48(5)51(46-57-49)61(42-39-36-33-29-23-20-17-14-11-7-2)43-40-37-34-30-24-21-18-15-12-8-3/h44-47H,6-43H2,1-5H3/p+1. The monoisotopic (exact) mass is 871 g/mol. The summed E-state index contributed by atoms with van der Waals surface area (Å²) in [6.07, 6.45) is 52.9. The summed E-state index contributed by atoms with van der Waals surface area (Å²) in [5, 5.41) is 11.2. The van der Waals surface area contributed by atoms with Crippen molar-refractivity contribution in [1.82, 2.24) is 9.97 Å². The van der Waals surface area contributed by atoms with Crippen LogP contribution in [0.4, 0.5) is 5.82 Å². The molecule has 0 unspecified atom stereocenters. The lowest BCUT2D eigenvalue weighted by molar-refractivity contribution is -0.527. The van der Waals surface area contributed by atoms with E-state index < -0.39 is 0 Å². The molecule has 1 N–H and O–H groups in total. The molecule has 0 bridgehead atoms. The fourth-order valence-electron chi connectivity index (χ4n) is 9.37. The molecule has 3 rings (SSSR count). The van der Waals surface area contributed by atoms with Crippen molar-refractivity contribution in [2.24, 2.45) is 4.99 Å². The third-order valence-corrected chi connectivity index (χ3v) is 13.6. The molecule has 7 nitrogen and oxygen atoms in total. The minimum atomic E-state index is -0.212. The minimum Gasteiger partial charge on any atom is -0.506 e. The Morgan fingerprint density at radius 1 is 0.524 bits per heavy atom. The second-order valence-electron chi connectivity index (χ2n) is 19.1. The van der Waals surface area contributed by atoms with Gasteiger partial charge in [-0.05, 0) is 39.2 Å². The maximum atomic E-state index is 13.6. The maximum Gasteiger partial charge on any atom is 0.221 e. The zero-order chi connectivity index (χ0) is 45.2. The van der Waals surface area contributed by atoms with E-state index in [9.17, 15) is 9.90 Å². The number of aliphatic hydroxyl groups excluding tert-OH is 1. The number of unbranched alkanes of at least 4 members (excludes halogenated alkanes) is 31. The van der Waals surface area contributed by atoms with Crippen LogP contribution in [0.3, 0.4) is 0 Å². The van der Waals surface area contributed by atoms with Gasteiger partial charge in [-0.1, -0.05) is 207 Å². The number of nitrogens with zero attached hydrogens (tertiary/aromatic N) is 5.